The third kappa shape index (κ3) is 2.90. The minimum atomic E-state index is 0.417. The molecule has 6 heteroatoms. The second-order valence-corrected chi connectivity index (χ2v) is 5.08. The van der Waals surface area contributed by atoms with Crippen molar-refractivity contribution in [2.45, 2.75) is 10.6 Å². The van der Waals surface area contributed by atoms with Crippen LogP contribution in [0.25, 0.3) is 0 Å². The molecule has 0 fully saturated rings. The van der Waals surface area contributed by atoms with Crippen molar-refractivity contribution in [3.05, 3.63) is 40.4 Å². The summed E-state index contributed by atoms with van der Waals surface area (Å²) in [6.07, 6.45) is 5.48. The maximum Gasteiger partial charge on any atom is 0.130 e. The first-order valence-electron chi connectivity index (χ1n) is 4.56. The molecule has 0 radical (unpaired) electrons. The molecule has 2 heterocycles. The molecule has 2 aromatic heterocycles. The van der Waals surface area contributed by atoms with Gasteiger partial charge in [-0.05, 0) is 11.6 Å². The first-order chi connectivity index (χ1) is 7.65. The molecule has 3 nitrogen and oxygen atoms in total. The van der Waals surface area contributed by atoms with Gasteiger partial charge in [0.1, 0.15) is 5.15 Å². The average molecular weight is 274 g/mol. The highest BCUT2D eigenvalue weighted by Crippen LogP contribution is 2.26. The van der Waals surface area contributed by atoms with E-state index in [1.165, 1.54) is 0 Å². The molecule has 0 amide bonds. The third-order valence-corrected chi connectivity index (χ3v) is 3.53. The minimum absolute atomic E-state index is 0.417. The summed E-state index contributed by atoms with van der Waals surface area (Å²) in [5.41, 5.74) is 0.972. The number of halogens is 2. The second kappa shape index (κ2) is 5.08. The molecule has 16 heavy (non-hydrogen) atoms. The number of aromatic nitrogens is 3. The van der Waals surface area contributed by atoms with E-state index in [1.54, 1.807) is 28.7 Å². The highest BCUT2D eigenvalue weighted by Gasteiger charge is 2.04. The normalized spacial score (nSPS) is 10.7. The molecule has 0 N–H and O–H groups in total. The Hall–Kier alpha value is -0.710. The van der Waals surface area contributed by atoms with Crippen LogP contribution in [0, 0.1) is 0 Å². The molecule has 0 bridgehead atoms. The van der Waals surface area contributed by atoms with Crippen molar-refractivity contribution < 1.29 is 0 Å². The van der Waals surface area contributed by atoms with Crippen molar-refractivity contribution in [3.63, 3.8) is 0 Å². The summed E-state index contributed by atoms with van der Waals surface area (Å²) in [6, 6.07) is 1.66. The Morgan fingerprint density at radius 2 is 2.19 bits per heavy atom. The predicted octanol–water partition coefficient (Wildman–Crippen LogP) is 3.41. The summed E-state index contributed by atoms with van der Waals surface area (Å²) in [7, 11) is 1.89. The highest BCUT2D eigenvalue weighted by molar-refractivity contribution is 7.98. The summed E-state index contributed by atoms with van der Waals surface area (Å²) in [6.45, 7) is 0. The Bertz CT molecular complexity index is 499. The van der Waals surface area contributed by atoms with Gasteiger partial charge < -0.3 is 0 Å². The van der Waals surface area contributed by atoms with Crippen LogP contribution in [0.1, 0.15) is 5.56 Å². The van der Waals surface area contributed by atoms with Crippen LogP contribution in [-0.4, -0.2) is 14.8 Å². The van der Waals surface area contributed by atoms with Gasteiger partial charge >= 0.3 is 0 Å². The van der Waals surface area contributed by atoms with Crippen molar-refractivity contribution >= 4 is 35.0 Å². The van der Waals surface area contributed by atoms with E-state index >= 15 is 0 Å². The Kier molecular flexibility index (Phi) is 3.74. The fourth-order valence-electron chi connectivity index (χ4n) is 1.18. The van der Waals surface area contributed by atoms with Gasteiger partial charge in [-0.1, -0.05) is 23.2 Å². The molecule has 84 valence electrons. The van der Waals surface area contributed by atoms with Crippen LogP contribution in [0.5, 0.6) is 0 Å². The molecule has 0 saturated carbocycles. The Balaban J connectivity index is 2.04. The molecule has 0 aliphatic heterocycles. The molecule has 2 rings (SSSR count). The van der Waals surface area contributed by atoms with Crippen molar-refractivity contribution in [3.8, 4) is 0 Å². The maximum absolute atomic E-state index is 6.04. The molecule has 0 spiro atoms. The lowest BCUT2D eigenvalue weighted by Crippen LogP contribution is -1.85. The Morgan fingerprint density at radius 1 is 1.38 bits per heavy atom. The topological polar surface area (TPSA) is 30.7 Å². The molecule has 0 aromatic carbocycles. The lowest BCUT2D eigenvalue weighted by atomic mass is 10.3. The number of hydrogen-bond donors (Lipinski definition) is 0. The summed E-state index contributed by atoms with van der Waals surface area (Å²) < 4.78 is 1.77. The van der Waals surface area contributed by atoms with E-state index in [4.69, 9.17) is 23.2 Å². The van der Waals surface area contributed by atoms with Crippen LogP contribution >= 0.6 is 35.0 Å². The fraction of sp³-hybridized carbons (Fsp3) is 0.200. The van der Waals surface area contributed by atoms with Gasteiger partial charge in [-0.2, -0.15) is 5.10 Å². The van der Waals surface area contributed by atoms with E-state index in [1.807, 2.05) is 19.4 Å². The van der Waals surface area contributed by atoms with E-state index in [-0.39, 0.29) is 0 Å². The number of thioether (sulfide) groups is 1. The molecular weight excluding hydrogens is 265 g/mol. The molecule has 0 aliphatic carbocycles. The Labute approximate surface area is 108 Å². The maximum atomic E-state index is 6.04. The van der Waals surface area contributed by atoms with Crippen molar-refractivity contribution in [1.82, 2.24) is 14.8 Å². The zero-order valence-corrected chi connectivity index (χ0v) is 10.9. The summed E-state index contributed by atoms with van der Waals surface area (Å²) >= 11 is 13.4. The molecular formula is C10H9Cl2N3S. The number of rotatable bonds is 3. The number of aryl methyl sites for hydroxylation is 1. The average Bonchev–Trinajstić information content (AvgIpc) is 2.63. The molecule has 2 aromatic rings. The van der Waals surface area contributed by atoms with Crippen molar-refractivity contribution in [2.24, 2.45) is 7.05 Å². The SMILES string of the molecule is Cn1cc(SCc2cnc(Cl)cc2Cl)cn1. The van der Waals surface area contributed by atoms with Crippen LogP contribution in [0.4, 0.5) is 0 Å². The van der Waals surface area contributed by atoms with Crippen molar-refractivity contribution in [2.75, 3.05) is 0 Å². The van der Waals surface area contributed by atoms with Crippen LogP contribution in [0.3, 0.4) is 0 Å². The summed E-state index contributed by atoms with van der Waals surface area (Å²) in [5, 5.41) is 5.16. The quantitative estimate of drug-likeness (QED) is 0.634. The molecule has 0 saturated heterocycles. The largest absolute Gasteiger partial charge is 0.275 e. The van der Waals surface area contributed by atoms with Gasteiger partial charge in [0.25, 0.3) is 0 Å². The minimum Gasteiger partial charge on any atom is -0.275 e. The van der Waals surface area contributed by atoms with Gasteiger partial charge in [-0.3, -0.25) is 4.68 Å². The van der Waals surface area contributed by atoms with Crippen LogP contribution in [0.15, 0.2) is 29.6 Å². The van der Waals surface area contributed by atoms with E-state index in [2.05, 4.69) is 10.1 Å². The first kappa shape index (κ1) is 11.8. The first-order valence-corrected chi connectivity index (χ1v) is 6.30. The third-order valence-electron chi connectivity index (χ3n) is 1.97. The van der Waals surface area contributed by atoms with E-state index in [0.29, 0.717) is 10.2 Å². The van der Waals surface area contributed by atoms with E-state index in [9.17, 15) is 0 Å². The smallest absolute Gasteiger partial charge is 0.130 e. The lowest BCUT2D eigenvalue weighted by Gasteiger charge is -2.02. The zero-order chi connectivity index (χ0) is 11.5. The lowest BCUT2D eigenvalue weighted by molar-refractivity contribution is 0.766. The number of pyridine rings is 1. The summed E-state index contributed by atoms with van der Waals surface area (Å²) in [4.78, 5) is 5.11. The number of hydrogen-bond acceptors (Lipinski definition) is 3. The van der Waals surface area contributed by atoms with Crippen LogP contribution in [0.2, 0.25) is 10.2 Å². The molecule has 0 atom stereocenters. The van der Waals surface area contributed by atoms with Gasteiger partial charge in [0, 0.05) is 35.1 Å². The van der Waals surface area contributed by atoms with E-state index < -0.39 is 0 Å². The van der Waals surface area contributed by atoms with Crippen LogP contribution < -0.4 is 0 Å². The second-order valence-electron chi connectivity index (χ2n) is 3.24. The predicted molar refractivity (Wildman–Crippen MR) is 67.0 cm³/mol. The van der Waals surface area contributed by atoms with Gasteiger partial charge in [-0.25, -0.2) is 4.98 Å². The van der Waals surface area contributed by atoms with E-state index in [0.717, 1.165) is 16.2 Å². The van der Waals surface area contributed by atoms with Gasteiger partial charge in [0.2, 0.25) is 0 Å². The monoisotopic (exact) mass is 273 g/mol. The van der Waals surface area contributed by atoms with Crippen LogP contribution in [-0.2, 0) is 12.8 Å². The zero-order valence-electron chi connectivity index (χ0n) is 8.52. The van der Waals surface area contributed by atoms with Gasteiger partial charge in [-0.15, -0.1) is 11.8 Å². The highest BCUT2D eigenvalue weighted by atomic mass is 35.5. The van der Waals surface area contributed by atoms with Gasteiger partial charge in [0.15, 0.2) is 0 Å². The van der Waals surface area contributed by atoms with Crippen molar-refractivity contribution in [1.29, 1.82) is 0 Å². The Morgan fingerprint density at radius 3 is 2.81 bits per heavy atom. The molecule has 0 aliphatic rings. The summed E-state index contributed by atoms with van der Waals surface area (Å²) in [5.74, 6) is 0.759. The van der Waals surface area contributed by atoms with Gasteiger partial charge in [0.05, 0.1) is 6.20 Å². The fourth-order valence-corrected chi connectivity index (χ4v) is 2.59. The molecule has 0 unspecified atom stereocenters. The number of nitrogens with zero attached hydrogens (tertiary/aromatic N) is 3. The standard InChI is InChI=1S/C10H9Cl2N3S/c1-15-5-8(4-14-15)16-6-7-3-13-10(12)2-9(7)11/h2-5H,6H2,1H3.